The first-order chi connectivity index (χ1) is 16.2. The van der Waals surface area contributed by atoms with Crippen LogP contribution in [0.3, 0.4) is 0 Å². The molecule has 0 radical (unpaired) electrons. The van der Waals surface area contributed by atoms with Gasteiger partial charge in [0.15, 0.2) is 11.5 Å². The van der Waals surface area contributed by atoms with E-state index in [1.807, 2.05) is 20.2 Å². The second-order valence-electron chi connectivity index (χ2n) is 7.94. The first-order valence-electron chi connectivity index (χ1n) is 10.4. The van der Waals surface area contributed by atoms with Gasteiger partial charge in [0.05, 0.1) is 5.69 Å². The molecule has 0 saturated carbocycles. The maximum absolute atomic E-state index is 13.7. The maximum atomic E-state index is 13.7. The Kier molecular flexibility index (Phi) is 6.60. The highest BCUT2D eigenvalue weighted by Crippen LogP contribution is 2.30. The van der Waals surface area contributed by atoms with Crippen LogP contribution in [0.1, 0.15) is 27.6 Å². The topological polar surface area (TPSA) is 63.7 Å². The second kappa shape index (κ2) is 9.45. The van der Waals surface area contributed by atoms with Gasteiger partial charge in [-0.15, -0.1) is 0 Å². The van der Waals surface area contributed by atoms with Gasteiger partial charge in [-0.3, -0.25) is 14.4 Å². The van der Waals surface area contributed by atoms with Crippen LogP contribution >= 0.6 is 0 Å². The van der Waals surface area contributed by atoms with Crippen molar-refractivity contribution in [1.82, 2.24) is 19.6 Å². The summed E-state index contributed by atoms with van der Waals surface area (Å²) in [6.07, 6.45) is 1.96. The third kappa shape index (κ3) is 4.63. The SMILES string of the molecule is Cc1nn(C)cc1CN1CCN(C(=O)c2ccc(COc3c(F)c(F)c(F)c(F)c3F)o2)CC1. The van der Waals surface area contributed by atoms with Crippen LogP contribution in [-0.2, 0) is 20.2 Å². The zero-order valence-electron chi connectivity index (χ0n) is 18.4. The van der Waals surface area contributed by atoms with Crippen molar-refractivity contribution in [1.29, 1.82) is 0 Å². The zero-order valence-corrected chi connectivity index (χ0v) is 18.4. The Labute approximate surface area is 191 Å². The number of rotatable bonds is 6. The third-order valence-electron chi connectivity index (χ3n) is 5.57. The molecule has 3 heterocycles. The summed E-state index contributed by atoms with van der Waals surface area (Å²) in [7, 11) is 1.86. The highest BCUT2D eigenvalue weighted by atomic mass is 19.2. The molecule has 7 nitrogen and oxygen atoms in total. The number of hydrogen-bond acceptors (Lipinski definition) is 5. The van der Waals surface area contributed by atoms with Crippen molar-refractivity contribution in [2.24, 2.45) is 7.05 Å². The van der Waals surface area contributed by atoms with Crippen LogP contribution in [0.15, 0.2) is 22.7 Å². The quantitative estimate of drug-likeness (QED) is 0.304. The highest BCUT2D eigenvalue weighted by molar-refractivity contribution is 5.91. The van der Waals surface area contributed by atoms with E-state index >= 15 is 0 Å². The molecule has 1 aliphatic heterocycles. The summed E-state index contributed by atoms with van der Waals surface area (Å²) in [5.41, 5.74) is 2.07. The smallest absolute Gasteiger partial charge is 0.289 e. The third-order valence-corrected chi connectivity index (χ3v) is 5.57. The molecule has 1 aliphatic rings. The summed E-state index contributed by atoms with van der Waals surface area (Å²) < 4.78 is 79.1. The number of carbonyl (C=O) groups is 1. The number of furan rings is 1. The van der Waals surface area contributed by atoms with E-state index < -0.39 is 41.4 Å². The molecule has 4 rings (SSSR count). The Morgan fingerprint density at radius 1 is 1.00 bits per heavy atom. The van der Waals surface area contributed by atoms with E-state index in [1.54, 1.807) is 9.58 Å². The van der Waals surface area contributed by atoms with Gasteiger partial charge in [0.2, 0.25) is 29.1 Å². The normalized spacial score (nSPS) is 14.6. The Morgan fingerprint density at radius 2 is 1.62 bits per heavy atom. The Hall–Kier alpha value is -3.41. The predicted octanol–water partition coefficient (Wildman–Crippen LogP) is 3.55. The van der Waals surface area contributed by atoms with Gasteiger partial charge < -0.3 is 14.1 Å². The van der Waals surface area contributed by atoms with E-state index in [0.717, 1.165) is 17.8 Å². The minimum atomic E-state index is -2.27. The molecule has 0 unspecified atom stereocenters. The van der Waals surface area contributed by atoms with Gasteiger partial charge >= 0.3 is 0 Å². The second-order valence-corrected chi connectivity index (χ2v) is 7.94. The first kappa shape index (κ1) is 23.7. The number of amides is 1. The van der Waals surface area contributed by atoms with Crippen molar-refractivity contribution in [2.45, 2.75) is 20.1 Å². The number of halogens is 5. The standard InChI is InChI=1S/C22H21F5N4O3/c1-12-13(9-29(2)28-12)10-30-5-7-31(8-6-30)22(32)15-4-3-14(34-15)11-33-21-19(26)17(24)16(23)18(25)20(21)27/h3-4,9H,5-8,10-11H2,1-2H3. The van der Waals surface area contributed by atoms with Gasteiger partial charge in [-0.1, -0.05) is 0 Å². The lowest BCUT2D eigenvalue weighted by molar-refractivity contribution is 0.0593. The van der Waals surface area contributed by atoms with Gasteiger partial charge in [0, 0.05) is 51.5 Å². The predicted molar refractivity (Wildman–Crippen MR) is 108 cm³/mol. The molecule has 1 fully saturated rings. The fourth-order valence-electron chi connectivity index (χ4n) is 3.73. The van der Waals surface area contributed by atoms with Gasteiger partial charge in [0.1, 0.15) is 12.4 Å². The maximum Gasteiger partial charge on any atom is 0.289 e. The molecule has 0 aliphatic carbocycles. The number of hydrogen-bond donors (Lipinski definition) is 0. The summed E-state index contributed by atoms with van der Waals surface area (Å²) >= 11 is 0. The Morgan fingerprint density at radius 3 is 2.21 bits per heavy atom. The molecular weight excluding hydrogens is 463 g/mol. The van der Waals surface area contributed by atoms with E-state index in [-0.39, 0.29) is 17.4 Å². The molecule has 0 atom stereocenters. The molecule has 1 amide bonds. The van der Waals surface area contributed by atoms with Gasteiger partial charge in [-0.2, -0.15) is 13.9 Å². The fraction of sp³-hybridized carbons (Fsp3) is 0.364. The van der Waals surface area contributed by atoms with Crippen molar-refractivity contribution in [3.8, 4) is 5.75 Å². The van der Waals surface area contributed by atoms with E-state index in [1.165, 1.54) is 12.1 Å². The van der Waals surface area contributed by atoms with Crippen molar-refractivity contribution in [3.63, 3.8) is 0 Å². The largest absolute Gasteiger partial charge is 0.479 e. The first-order valence-corrected chi connectivity index (χ1v) is 10.4. The summed E-state index contributed by atoms with van der Waals surface area (Å²) in [5, 5.41) is 4.33. The molecule has 182 valence electrons. The number of aryl methyl sites for hydroxylation is 2. The molecular formula is C22H21F5N4O3. The van der Waals surface area contributed by atoms with Crippen molar-refractivity contribution >= 4 is 5.91 Å². The van der Waals surface area contributed by atoms with E-state index in [4.69, 9.17) is 9.15 Å². The lowest BCUT2D eigenvalue weighted by Gasteiger charge is -2.34. The highest BCUT2D eigenvalue weighted by Gasteiger charge is 2.28. The van der Waals surface area contributed by atoms with Gasteiger partial charge in [-0.05, 0) is 19.1 Å². The lowest BCUT2D eigenvalue weighted by atomic mass is 10.2. The number of carbonyl (C=O) groups excluding carboxylic acids is 1. The minimum absolute atomic E-state index is 0.0158. The van der Waals surface area contributed by atoms with Gasteiger partial charge in [0.25, 0.3) is 5.91 Å². The van der Waals surface area contributed by atoms with Gasteiger partial charge in [-0.25, -0.2) is 13.2 Å². The van der Waals surface area contributed by atoms with Crippen LogP contribution in [0, 0.1) is 36.0 Å². The van der Waals surface area contributed by atoms with Crippen LogP contribution < -0.4 is 4.74 Å². The molecule has 1 saturated heterocycles. The molecule has 0 bridgehead atoms. The zero-order chi connectivity index (χ0) is 24.6. The van der Waals surface area contributed by atoms with E-state index in [0.29, 0.717) is 26.2 Å². The molecule has 1 aromatic carbocycles. The van der Waals surface area contributed by atoms with Crippen LogP contribution in [0.5, 0.6) is 5.75 Å². The number of aromatic nitrogens is 2. The molecule has 12 heteroatoms. The number of benzene rings is 1. The van der Waals surface area contributed by atoms with Crippen LogP contribution in [-0.4, -0.2) is 51.7 Å². The van der Waals surface area contributed by atoms with Crippen molar-refractivity contribution in [2.75, 3.05) is 26.2 Å². The summed E-state index contributed by atoms with van der Waals surface area (Å²) in [5.74, 6) is -12.5. The van der Waals surface area contributed by atoms with E-state index in [2.05, 4.69) is 10.00 Å². The number of nitrogens with zero attached hydrogens (tertiary/aromatic N) is 4. The minimum Gasteiger partial charge on any atom is -0.479 e. The average molecular weight is 484 g/mol. The number of ether oxygens (including phenoxy) is 1. The molecule has 34 heavy (non-hydrogen) atoms. The van der Waals surface area contributed by atoms with Crippen molar-refractivity contribution < 1.29 is 35.9 Å². The monoisotopic (exact) mass is 484 g/mol. The van der Waals surface area contributed by atoms with Crippen LogP contribution in [0.2, 0.25) is 0 Å². The molecule has 2 aromatic heterocycles. The Balaban J connectivity index is 1.34. The fourth-order valence-corrected chi connectivity index (χ4v) is 3.73. The van der Waals surface area contributed by atoms with Crippen LogP contribution in [0.4, 0.5) is 22.0 Å². The van der Waals surface area contributed by atoms with Crippen molar-refractivity contribution in [3.05, 3.63) is 70.2 Å². The summed E-state index contributed by atoms with van der Waals surface area (Å²) in [6.45, 7) is 4.27. The average Bonchev–Trinajstić information content (AvgIpc) is 3.42. The lowest BCUT2D eigenvalue weighted by Crippen LogP contribution is -2.48. The van der Waals surface area contributed by atoms with E-state index in [9.17, 15) is 26.7 Å². The molecule has 3 aromatic rings. The Bertz CT molecular complexity index is 1190. The molecule has 0 N–H and O–H groups in total. The van der Waals surface area contributed by atoms with Crippen LogP contribution in [0.25, 0.3) is 0 Å². The number of piperazine rings is 1. The summed E-state index contributed by atoms with van der Waals surface area (Å²) in [4.78, 5) is 16.6. The summed E-state index contributed by atoms with van der Waals surface area (Å²) in [6, 6.07) is 2.70. The molecule has 0 spiro atoms.